The molecule has 1 aromatic carbocycles. The average Bonchev–Trinajstić information content (AvgIpc) is 2.79. The van der Waals surface area contributed by atoms with Crippen LogP contribution >= 0.6 is 15.9 Å². The Bertz CT molecular complexity index is 368. The topological polar surface area (TPSA) is 12.0 Å². The van der Waals surface area contributed by atoms with Gasteiger partial charge in [-0.1, -0.05) is 41.6 Å². The van der Waals surface area contributed by atoms with Gasteiger partial charge in [-0.2, -0.15) is 0 Å². The molecule has 0 bridgehead atoms. The molecular formula is C15H21BrFN. The first-order chi connectivity index (χ1) is 8.67. The van der Waals surface area contributed by atoms with Crippen molar-refractivity contribution in [3.63, 3.8) is 0 Å². The van der Waals surface area contributed by atoms with Gasteiger partial charge < -0.3 is 5.32 Å². The summed E-state index contributed by atoms with van der Waals surface area (Å²) < 4.78 is 14.2. The number of benzene rings is 1. The van der Waals surface area contributed by atoms with Crippen LogP contribution in [0.3, 0.4) is 0 Å². The summed E-state index contributed by atoms with van der Waals surface area (Å²) in [5.41, 5.74) is 1.07. The van der Waals surface area contributed by atoms with Crippen LogP contribution in [-0.2, 0) is 6.42 Å². The predicted molar refractivity (Wildman–Crippen MR) is 77.2 cm³/mol. The van der Waals surface area contributed by atoms with Gasteiger partial charge in [0.05, 0.1) is 0 Å². The fraction of sp³-hybridized carbons (Fsp3) is 0.600. The summed E-state index contributed by atoms with van der Waals surface area (Å²) in [6.45, 7) is 0. The van der Waals surface area contributed by atoms with E-state index >= 15 is 0 Å². The Morgan fingerprint density at radius 2 is 2.06 bits per heavy atom. The van der Waals surface area contributed by atoms with Gasteiger partial charge in [-0.05, 0) is 49.6 Å². The summed E-state index contributed by atoms with van der Waals surface area (Å²) >= 11 is 3.35. The van der Waals surface area contributed by atoms with Gasteiger partial charge in [-0.3, -0.25) is 0 Å². The fourth-order valence-corrected chi connectivity index (χ4v) is 3.48. The standard InChI is InChI=1S/C15H21BrFN/c1-18-15(8-11-4-2-3-5-11)9-12-6-13(16)10-14(17)7-12/h6-7,10-11,15,18H,2-5,8-9H2,1H3. The average molecular weight is 314 g/mol. The molecule has 1 aliphatic rings. The van der Waals surface area contributed by atoms with Crippen molar-refractivity contribution in [3.05, 3.63) is 34.1 Å². The summed E-state index contributed by atoms with van der Waals surface area (Å²) in [5, 5.41) is 3.38. The molecule has 0 saturated heterocycles. The van der Waals surface area contributed by atoms with Crippen LogP contribution in [0.2, 0.25) is 0 Å². The van der Waals surface area contributed by atoms with E-state index in [-0.39, 0.29) is 5.82 Å². The summed E-state index contributed by atoms with van der Waals surface area (Å²) in [6, 6.07) is 5.63. The number of halogens is 2. The Labute approximate surface area is 117 Å². The van der Waals surface area contributed by atoms with Crippen LogP contribution in [0.4, 0.5) is 4.39 Å². The number of likely N-dealkylation sites (N-methyl/N-ethyl adjacent to an activating group) is 1. The smallest absolute Gasteiger partial charge is 0.124 e. The maximum absolute atomic E-state index is 13.3. The van der Waals surface area contributed by atoms with Crippen LogP contribution in [0.5, 0.6) is 0 Å². The van der Waals surface area contributed by atoms with E-state index in [0.717, 1.165) is 22.4 Å². The van der Waals surface area contributed by atoms with Gasteiger partial charge >= 0.3 is 0 Å². The SMILES string of the molecule is CNC(Cc1cc(F)cc(Br)c1)CC1CCCC1. The van der Waals surface area contributed by atoms with Gasteiger partial charge in [0, 0.05) is 10.5 Å². The van der Waals surface area contributed by atoms with Crippen molar-refractivity contribution in [1.29, 1.82) is 0 Å². The first kappa shape index (κ1) is 14.0. The van der Waals surface area contributed by atoms with Crippen LogP contribution in [0.25, 0.3) is 0 Å². The van der Waals surface area contributed by atoms with Crippen molar-refractivity contribution in [2.45, 2.75) is 44.6 Å². The zero-order valence-corrected chi connectivity index (χ0v) is 12.5. The number of hydrogen-bond acceptors (Lipinski definition) is 1. The summed E-state index contributed by atoms with van der Waals surface area (Å²) in [5.74, 6) is 0.703. The van der Waals surface area contributed by atoms with Crippen molar-refractivity contribution in [3.8, 4) is 0 Å². The molecule has 0 aliphatic heterocycles. The van der Waals surface area contributed by atoms with Crippen molar-refractivity contribution < 1.29 is 4.39 Å². The van der Waals surface area contributed by atoms with E-state index < -0.39 is 0 Å². The number of rotatable bonds is 5. The highest BCUT2D eigenvalue weighted by molar-refractivity contribution is 9.10. The molecule has 0 radical (unpaired) electrons. The third-order valence-electron chi connectivity index (χ3n) is 3.91. The van der Waals surface area contributed by atoms with E-state index in [2.05, 4.69) is 21.2 Å². The predicted octanol–water partition coefficient (Wildman–Crippen LogP) is 4.30. The molecule has 1 fully saturated rings. The number of hydrogen-bond donors (Lipinski definition) is 1. The molecule has 1 aliphatic carbocycles. The van der Waals surface area contributed by atoms with Gasteiger partial charge in [-0.25, -0.2) is 4.39 Å². The monoisotopic (exact) mass is 313 g/mol. The second-order valence-corrected chi connectivity index (χ2v) is 6.27. The van der Waals surface area contributed by atoms with Crippen molar-refractivity contribution in [1.82, 2.24) is 5.32 Å². The lowest BCUT2D eigenvalue weighted by Gasteiger charge is -2.20. The molecular weight excluding hydrogens is 293 g/mol. The Hall–Kier alpha value is -0.410. The summed E-state index contributed by atoms with van der Waals surface area (Å²) in [6.07, 6.45) is 7.61. The largest absolute Gasteiger partial charge is 0.317 e. The first-order valence-corrected chi connectivity index (χ1v) is 7.59. The molecule has 1 unspecified atom stereocenters. The highest BCUT2D eigenvalue weighted by atomic mass is 79.9. The van der Waals surface area contributed by atoms with Crippen LogP contribution in [0.15, 0.2) is 22.7 Å². The van der Waals surface area contributed by atoms with E-state index in [1.54, 1.807) is 6.07 Å². The Kier molecular flexibility index (Phi) is 5.19. The number of nitrogens with one attached hydrogen (secondary N) is 1. The second kappa shape index (κ2) is 6.67. The van der Waals surface area contributed by atoms with Crippen LogP contribution in [0.1, 0.15) is 37.7 Å². The maximum Gasteiger partial charge on any atom is 0.124 e. The molecule has 3 heteroatoms. The normalized spacial score (nSPS) is 18.2. The molecule has 0 spiro atoms. The molecule has 0 heterocycles. The van der Waals surface area contributed by atoms with Crippen LogP contribution < -0.4 is 5.32 Å². The minimum absolute atomic E-state index is 0.157. The van der Waals surface area contributed by atoms with Gasteiger partial charge in [0.15, 0.2) is 0 Å². The Morgan fingerprint density at radius 3 is 2.67 bits per heavy atom. The van der Waals surface area contributed by atoms with Crippen LogP contribution in [-0.4, -0.2) is 13.1 Å². The molecule has 0 amide bonds. The molecule has 18 heavy (non-hydrogen) atoms. The van der Waals surface area contributed by atoms with Crippen molar-refractivity contribution >= 4 is 15.9 Å². The highest BCUT2D eigenvalue weighted by Gasteiger charge is 2.19. The lowest BCUT2D eigenvalue weighted by Crippen LogP contribution is -2.29. The van der Waals surface area contributed by atoms with Gasteiger partial charge in [-0.15, -0.1) is 0 Å². The third kappa shape index (κ3) is 4.06. The lowest BCUT2D eigenvalue weighted by molar-refractivity contribution is 0.402. The van der Waals surface area contributed by atoms with Gasteiger partial charge in [0.1, 0.15) is 5.82 Å². The van der Waals surface area contributed by atoms with E-state index in [1.807, 2.05) is 13.1 Å². The minimum Gasteiger partial charge on any atom is -0.317 e. The molecule has 100 valence electrons. The van der Waals surface area contributed by atoms with E-state index in [9.17, 15) is 4.39 Å². The molecule has 1 N–H and O–H groups in total. The van der Waals surface area contributed by atoms with Crippen LogP contribution in [0, 0.1) is 11.7 Å². The van der Waals surface area contributed by atoms with E-state index in [4.69, 9.17) is 0 Å². The lowest BCUT2D eigenvalue weighted by atomic mass is 9.94. The second-order valence-electron chi connectivity index (χ2n) is 5.35. The van der Waals surface area contributed by atoms with Gasteiger partial charge in [0.25, 0.3) is 0 Å². The van der Waals surface area contributed by atoms with Gasteiger partial charge in [0.2, 0.25) is 0 Å². The Balaban J connectivity index is 1.95. The summed E-state index contributed by atoms with van der Waals surface area (Å²) in [7, 11) is 2.01. The van der Waals surface area contributed by atoms with E-state index in [0.29, 0.717) is 6.04 Å². The zero-order valence-electron chi connectivity index (χ0n) is 10.9. The van der Waals surface area contributed by atoms with Crippen molar-refractivity contribution in [2.75, 3.05) is 7.05 Å². The highest BCUT2D eigenvalue weighted by Crippen LogP contribution is 2.29. The Morgan fingerprint density at radius 1 is 1.33 bits per heavy atom. The van der Waals surface area contributed by atoms with Crippen molar-refractivity contribution in [2.24, 2.45) is 5.92 Å². The minimum atomic E-state index is -0.157. The fourth-order valence-electron chi connectivity index (χ4n) is 2.96. The molecule has 1 atom stereocenters. The van der Waals surface area contributed by atoms with E-state index in [1.165, 1.54) is 38.2 Å². The summed E-state index contributed by atoms with van der Waals surface area (Å²) in [4.78, 5) is 0. The zero-order chi connectivity index (χ0) is 13.0. The maximum atomic E-state index is 13.3. The molecule has 1 nitrogen and oxygen atoms in total. The molecule has 2 rings (SSSR count). The quantitative estimate of drug-likeness (QED) is 0.854. The third-order valence-corrected chi connectivity index (χ3v) is 4.36. The molecule has 1 aromatic rings. The first-order valence-electron chi connectivity index (χ1n) is 6.79. The molecule has 0 aromatic heterocycles. The molecule has 1 saturated carbocycles.